The van der Waals surface area contributed by atoms with Crippen molar-refractivity contribution in [2.45, 2.75) is 53.2 Å². The van der Waals surface area contributed by atoms with E-state index in [-0.39, 0.29) is 31.0 Å². The van der Waals surface area contributed by atoms with Gasteiger partial charge in [-0.1, -0.05) is 58.0 Å². The van der Waals surface area contributed by atoms with Gasteiger partial charge in [0.2, 0.25) is 13.3 Å². The molecule has 4 N–H and O–H groups in total. The van der Waals surface area contributed by atoms with Gasteiger partial charge in [0.05, 0.1) is 6.29 Å². The summed E-state index contributed by atoms with van der Waals surface area (Å²) in [5.41, 5.74) is 0.776. The number of benzene rings is 1. The molecule has 0 heterocycles. The quantitative estimate of drug-likeness (QED) is 0.324. The van der Waals surface area contributed by atoms with Crippen molar-refractivity contribution < 1.29 is 33.7 Å². The Morgan fingerprint density at radius 2 is 1.62 bits per heavy atom. The molecule has 10 heteroatoms. The highest BCUT2D eigenvalue weighted by Gasteiger charge is 2.32. The monoisotopic (exact) mass is 470 g/mol. The molecule has 0 radical (unpaired) electrons. The number of carboxylic acids is 1. The van der Waals surface area contributed by atoms with Gasteiger partial charge in [0, 0.05) is 12.1 Å². The summed E-state index contributed by atoms with van der Waals surface area (Å²) in [6, 6.07) is 7.92. The number of rotatable bonds is 13. The fraction of sp³-hybridized carbons (Fsp3) is 0.591. The first-order valence-electron chi connectivity index (χ1n) is 10.7. The Morgan fingerprint density at radius 3 is 2.16 bits per heavy atom. The number of hydrogen-bond donors (Lipinski definition) is 4. The zero-order valence-corrected chi connectivity index (χ0v) is 20.0. The van der Waals surface area contributed by atoms with Crippen LogP contribution in [0.25, 0.3) is 0 Å². The molecular formula is C22H35N2O7P. The number of ether oxygens (including phenoxy) is 1. The number of alkyl carbamates (subject to hydrolysis) is 1. The van der Waals surface area contributed by atoms with Crippen LogP contribution < -0.4 is 10.6 Å². The van der Waals surface area contributed by atoms with Crippen molar-refractivity contribution in [3.8, 4) is 0 Å². The molecule has 9 nitrogen and oxygen atoms in total. The van der Waals surface area contributed by atoms with Crippen LogP contribution in [-0.4, -0.2) is 46.5 Å². The van der Waals surface area contributed by atoms with E-state index < -0.39 is 43.6 Å². The maximum atomic E-state index is 12.7. The number of amides is 2. The van der Waals surface area contributed by atoms with E-state index in [4.69, 9.17) is 4.74 Å². The van der Waals surface area contributed by atoms with Crippen molar-refractivity contribution in [3.05, 3.63) is 35.9 Å². The molecule has 32 heavy (non-hydrogen) atoms. The minimum Gasteiger partial charge on any atom is -0.480 e. The van der Waals surface area contributed by atoms with E-state index in [2.05, 4.69) is 10.6 Å². The molecule has 0 saturated carbocycles. The highest BCUT2D eigenvalue weighted by atomic mass is 31.2. The molecule has 1 aromatic rings. The molecule has 2 amide bonds. The fourth-order valence-electron chi connectivity index (χ4n) is 3.19. The van der Waals surface area contributed by atoms with E-state index in [0.29, 0.717) is 6.42 Å². The second-order valence-corrected chi connectivity index (χ2v) is 11.2. The molecule has 0 spiro atoms. The van der Waals surface area contributed by atoms with Gasteiger partial charge in [-0.3, -0.25) is 9.36 Å². The van der Waals surface area contributed by atoms with Crippen LogP contribution in [0.15, 0.2) is 30.3 Å². The molecule has 0 bridgehead atoms. The summed E-state index contributed by atoms with van der Waals surface area (Å²) < 4.78 is 17.7. The highest BCUT2D eigenvalue weighted by molar-refractivity contribution is 7.58. The lowest BCUT2D eigenvalue weighted by Crippen LogP contribution is -2.45. The zero-order valence-electron chi connectivity index (χ0n) is 19.1. The minimum atomic E-state index is -3.92. The van der Waals surface area contributed by atoms with Crippen molar-refractivity contribution in [2.24, 2.45) is 17.8 Å². The minimum absolute atomic E-state index is 0.0210. The molecule has 0 fully saturated rings. The Kier molecular flexibility index (Phi) is 11.4. The lowest BCUT2D eigenvalue weighted by atomic mass is 9.96. The second-order valence-electron chi connectivity index (χ2n) is 8.78. The van der Waals surface area contributed by atoms with Crippen LogP contribution in [0.2, 0.25) is 0 Å². The van der Waals surface area contributed by atoms with Crippen LogP contribution >= 0.6 is 7.37 Å². The Balaban J connectivity index is 2.68. The number of carboxylic acid groups (broad SMARTS) is 1. The Hall–Kier alpha value is -2.38. The molecule has 180 valence electrons. The summed E-state index contributed by atoms with van der Waals surface area (Å²) in [5.74, 6) is -2.49. The summed E-state index contributed by atoms with van der Waals surface area (Å²) in [6.45, 7) is 7.44. The third kappa shape index (κ3) is 11.3. The van der Waals surface area contributed by atoms with E-state index in [0.717, 1.165) is 5.56 Å². The molecular weight excluding hydrogens is 435 g/mol. The van der Waals surface area contributed by atoms with Gasteiger partial charge >= 0.3 is 12.1 Å². The molecule has 0 aliphatic carbocycles. The highest BCUT2D eigenvalue weighted by Crippen LogP contribution is 2.42. The van der Waals surface area contributed by atoms with Crippen LogP contribution in [0.5, 0.6) is 0 Å². The molecule has 1 unspecified atom stereocenters. The largest absolute Gasteiger partial charge is 0.480 e. The van der Waals surface area contributed by atoms with Crippen molar-refractivity contribution in [2.75, 3.05) is 12.4 Å². The number of hydrogen-bond acceptors (Lipinski definition) is 5. The third-order valence-electron chi connectivity index (χ3n) is 4.64. The number of aliphatic carboxylic acids is 1. The first-order chi connectivity index (χ1) is 14.9. The topological polar surface area (TPSA) is 142 Å². The predicted molar refractivity (Wildman–Crippen MR) is 121 cm³/mol. The van der Waals surface area contributed by atoms with Crippen LogP contribution in [-0.2, 0) is 25.5 Å². The molecule has 0 aliphatic heterocycles. The summed E-state index contributed by atoms with van der Waals surface area (Å²) in [4.78, 5) is 46.4. The smallest absolute Gasteiger partial charge is 0.407 e. The van der Waals surface area contributed by atoms with Gasteiger partial charge in [-0.2, -0.15) is 0 Å². The SMILES string of the molecule is CC(C)C[C@H](CP(=O)(O)CNC(=O)OCc1ccccc1)C(=O)N[C@@H](CC(C)C)C(=O)O. The fourth-order valence-corrected chi connectivity index (χ4v) is 4.70. The number of carbonyl (C=O) groups is 3. The van der Waals surface area contributed by atoms with E-state index in [9.17, 15) is 28.9 Å². The molecule has 1 rings (SSSR count). The normalized spacial score (nSPS) is 15.0. The Morgan fingerprint density at radius 1 is 1.03 bits per heavy atom. The average molecular weight is 471 g/mol. The first-order valence-corrected chi connectivity index (χ1v) is 12.7. The van der Waals surface area contributed by atoms with Gasteiger partial charge in [-0.05, 0) is 30.2 Å². The maximum absolute atomic E-state index is 12.7. The van der Waals surface area contributed by atoms with Crippen molar-refractivity contribution in [1.29, 1.82) is 0 Å². The Labute approximate surface area is 189 Å². The average Bonchev–Trinajstić information content (AvgIpc) is 2.69. The van der Waals surface area contributed by atoms with Gasteiger partial charge < -0.3 is 25.4 Å². The molecule has 0 aromatic heterocycles. The molecule has 1 aromatic carbocycles. The van der Waals surface area contributed by atoms with E-state index in [1.165, 1.54) is 0 Å². The molecule has 3 atom stereocenters. The van der Waals surface area contributed by atoms with E-state index >= 15 is 0 Å². The van der Waals surface area contributed by atoms with Crippen LogP contribution in [0, 0.1) is 17.8 Å². The van der Waals surface area contributed by atoms with Crippen LogP contribution in [0.1, 0.15) is 46.1 Å². The van der Waals surface area contributed by atoms with Crippen molar-refractivity contribution in [3.63, 3.8) is 0 Å². The lowest BCUT2D eigenvalue weighted by Gasteiger charge is -2.24. The van der Waals surface area contributed by atoms with Gasteiger partial charge in [0.1, 0.15) is 12.6 Å². The standard InChI is InChI=1S/C22H35N2O7P/c1-15(2)10-18(20(25)24-19(21(26)27)11-16(3)4)13-32(29,30)14-23-22(28)31-12-17-8-6-5-7-9-17/h5-9,15-16,18-19H,10-14H2,1-4H3,(H,23,28)(H,24,25)(H,26,27)(H,29,30)/t18-,19+/m1/s1. The summed E-state index contributed by atoms with van der Waals surface area (Å²) in [5, 5.41) is 14.1. The third-order valence-corrected chi connectivity index (χ3v) is 6.30. The molecule has 0 aliphatic rings. The predicted octanol–water partition coefficient (Wildman–Crippen LogP) is 3.42. The summed E-state index contributed by atoms with van der Waals surface area (Å²) in [7, 11) is -3.92. The van der Waals surface area contributed by atoms with Gasteiger partial charge in [-0.25, -0.2) is 9.59 Å². The summed E-state index contributed by atoms with van der Waals surface area (Å²) in [6.07, 6.45) is -1.19. The first kappa shape index (κ1) is 27.7. The number of nitrogens with one attached hydrogen (secondary N) is 2. The lowest BCUT2D eigenvalue weighted by molar-refractivity contribution is -0.142. The van der Waals surface area contributed by atoms with Gasteiger partial charge in [0.25, 0.3) is 0 Å². The van der Waals surface area contributed by atoms with Crippen molar-refractivity contribution in [1.82, 2.24) is 10.6 Å². The van der Waals surface area contributed by atoms with Crippen LogP contribution in [0.3, 0.4) is 0 Å². The van der Waals surface area contributed by atoms with E-state index in [1.54, 1.807) is 24.3 Å². The van der Waals surface area contributed by atoms with Gasteiger partial charge in [-0.15, -0.1) is 0 Å². The van der Waals surface area contributed by atoms with Gasteiger partial charge in [0.15, 0.2) is 0 Å². The summed E-state index contributed by atoms with van der Waals surface area (Å²) >= 11 is 0. The number of carbonyl (C=O) groups excluding carboxylic acids is 2. The zero-order chi connectivity index (χ0) is 24.3. The second kappa shape index (κ2) is 13.2. The van der Waals surface area contributed by atoms with E-state index in [1.807, 2.05) is 33.8 Å². The molecule has 0 saturated heterocycles. The Bertz CT molecular complexity index is 799. The maximum Gasteiger partial charge on any atom is 0.407 e. The van der Waals surface area contributed by atoms with Crippen LogP contribution in [0.4, 0.5) is 4.79 Å². The van der Waals surface area contributed by atoms with Crippen molar-refractivity contribution >= 4 is 25.3 Å².